The fourth-order valence-electron chi connectivity index (χ4n) is 3.20. The third kappa shape index (κ3) is 4.33. The minimum atomic E-state index is -1.07. The Morgan fingerprint density at radius 3 is 2.20 bits per heavy atom. The molecule has 0 atom stereocenters. The van der Waals surface area contributed by atoms with E-state index in [1.165, 1.54) is 12.8 Å². The summed E-state index contributed by atoms with van der Waals surface area (Å²) in [7, 11) is 0. The monoisotopic (exact) mass is 341 g/mol. The van der Waals surface area contributed by atoms with E-state index in [0.717, 1.165) is 23.8 Å². The van der Waals surface area contributed by atoms with Crippen LogP contribution in [-0.4, -0.2) is 16.0 Å². The van der Waals surface area contributed by atoms with Crippen molar-refractivity contribution >= 4 is 0 Å². The third-order valence-electron chi connectivity index (χ3n) is 4.66. The Morgan fingerprint density at radius 2 is 1.68 bits per heavy atom. The fourth-order valence-corrected chi connectivity index (χ4v) is 3.20. The highest BCUT2D eigenvalue weighted by Crippen LogP contribution is 2.34. The van der Waals surface area contributed by atoms with Crippen LogP contribution in [0.4, 0.5) is 0 Å². The molecule has 25 heavy (non-hydrogen) atoms. The van der Waals surface area contributed by atoms with E-state index in [1.807, 2.05) is 31.2 Å². The van der Waals surface area contributed by atoms with Crippen molar-refractivity contribution in [1.82, 2.24) is 4.90 Å². The number of furan rings is 2. The average molecular weight is 341 g/mol. The number of nitrogens with zero attached hydrogens (tertiary/aromatic N) is 1. The molecule has 0 radical (unpaired) electrons. The van der Waals surface area contributed by atoms with Crippen molar-refractivity contribution < 1.29 is 13.9 Å². The van der Waals surface area contributed by atoms with Gasteiger partial charge in [-0.05, 0) is 44.0 Å². The number of aryl methyl sites for hydroxylation is 1. The minimum Gasteiger partial charge on any atom is -0.465 e. The van der Waals surface area contributed by atoms with Crippen LogP contribution in [0.5, 0.6) is 0 Å². The average Bonchev–Trinajstić information content (AvgIpc) is 3.17. The molecule has 134 valence electrons. The number of aliphatic hydroxyl groups is 1. The first-order valence-corrected chi connectivity index (χ1v) is 8.87. The SMILES string of the molecule is C=CCC(O)(CC=C)c1ccc(CN(Cc2ccc(C)o2)C2CC2)o1. The van der Waals surface area contributed by atoms with Crippen LogP contribution in [0.2, 0.25) is 0 Å². The van der Waals surface area contributed by atoms with Crippen LogP contribution in [0.15, 0.2) is 58.4 Å². The van der Waals surface area contributed by atoms with Crippen LogP contribution < -0.4 is 0 Å². The van der Waals surface area contributed by atoms with E-state index in [-0.39, 0.29) is 0 Å². The molecule has 0 spiro atoms. The lowest BCUT2D eigenvalue weighted by Crippen LogP contribution is -2.25. The number of hydrogen-bond acceptors (Lipinski definition) is 4. The zero-order chi connectivity index (χ0) is 17.9. The van der Waals surface area contributed by atoms with Gasteiger partial charge in [-0.15, -0.1) is 13.2 Å². The van der Waals surface area contributed by atoms with Gasteiger partial charge < -0.3 is 13.9 Å². The normalized spacial score (nSPS) is 14.8. The van der Waals surface area contributed by atoms with Gasteiger partial charge in [0, 0.05) is 18.9 Å². The minimum absolute atomic E-state index is 0.435. The van der Waals surface area contributed by atoms with Crippen LogP contribution in [0.25, 0.3) is 0 Å². The number of hydrogen-bond donors (Lipinski definition) is 1. The van der Waals surface area contributed by atoms with Gasteiger partial charge in [0.2, 0.25) is 0 Å². The molecule has 4 nitrogen and oxygen atoms in total. The zero-order valence-corrected chi connectivity index (χ0v) is 14.9. The molecule has 1 saturated carbocycles. The Labute approximate surface area is 149 Å². The maximum absolute atomic E-state index is 10.8. The first-order valence-electron chi connectivity index (χ1n) is 8.87. The van der Waals surface area contributed by atoms with Gasteiger partial charge in [0.05, 0.1) is 13.1 Å². The smallest absolute Gasteiger partial charge is 0.136 e. The molecule has 4 heteroatoms. The molecular weight excluding hydrogens is 314 g/mol. The lowest BCUT2D eigenvalue weighted by Gasteiger charge is -2.23. The van der Waals surface area contributed by atoms with E-state index in [4.69, 9.17) is 8.83 Å². The van der Waals surface area contributed by atoms with Crippen LogP contribution in [0, 0.1) is 6.92 Å². The summed E-state index contributed by atoms with van der Waals surface area (Å²) in [5.74, 6) is 3.35. The molecule has 0 aromatic carbocycles. The van der Waals surface area contributed by atoms with E-state index < -0.39 is 5.60 Å². The van der Waals surface area contributed by atoms with Gasteiger partial charge in [0.25, 0.3) is 0 Å². The van der Waals surface area contributed by atoms with E-state index in [9.17, 15) is 5.11 Å². The Hall–Kier alpha value is -2.04. The zero-order valence-electron chi connectivity index (χ0n) is 14.9. The molecule has 1 N–H and O–H groups in total. The summed E-state index contributed by atoms with van der Waals surface area (Å²) in [5.41, 5.74) is -1.07. The first kappa shape index (κ1) is 17.8. The summed E-state index contributed by atoms with van der Waals surface area (Å²) in [6.07, 6.45) is 6.71. The number of rotatable bonds is 10. The van der Waals surface area contributed by atoms with Crippen molar-refractivity contribution in [2.45, 2.75) is 57.3 Å². The fraction of sp³-hybridized carbons (Fsp3) is 0.429. The molecule has 0 bridgehead atoms. The topological polar surface area (TPSA) is 49.8 Å². The van der Waals surface area contributed by atoms with Crippen molar-refractivity contribution in [2.75, 3.05) is 0 Å². The summed E-state index contributed by atoms with van der Waals surface area (Å²) in [5, 5.41) is 10.8. The molecule has 1 aliphatic rings. The van der Waals surface area contributed by atoms with Crippen LogP contribution >= 0.6 is 0 Å². The van der Waals surface area contributed by atoms with Crippen molar-refractivity contribution in [3.8, 4) is 0 Å². The Bertz CT molecular complexity index is 713. The largest absolute Gasteiger partial charge is 0.465 e. The van der Waals surface area contributed by atoms with Gasteiger partial charge in [-0.3, -0.25) is 4.90 Å². The molecular formula is C21H27NO3. The van der Waals surface area contributed by atoms with Gasteiger partial charge in [0.15, 0.2) is 0 Å². The van der Waals surface area contributed by atoms with E-state index >= 15 is 0 Å². The van der Waals surface area contributed by atoms with Crippen molar-refractivity contribution in [2.24, 2.45) is 0 Å². The lowest BCUT2D eigenvalue weighted by molar-refractivity contribution is 0.0185. The highest BCUT2D eigenvalue weighted by atomic mass is 16.4. The Morgan fingerprint density at radius 1 is 1.08 bits per heavy atom. The summed E-state index contributed by atoms with van der Waals surface area (Å²) >= 11 is 0. The molecule has 1 fully saturated rings. The highest BCUT2D eigenvalue weighted by molar-refractivity contribution is 5.17. The van der Waals surface area contributed by atoms with E-state index in [2.05, 4.69) is 18.1 Å². The maximum atomic E-state index is 10.8. The molecule has 0 amide bonds. The molecule has 0 aliphatic heterocycles. The van der Waals surface area contributed by atoms with Crippen molar-refractivity contribution in [1.29, 1.82) is 0 Å². The Balaban J connectivity index is 1.71. The standard InChI is InChI=1S/C21H27NO3/c1-4-12-21(23,13-5-2)20-11-10-19(25-20)15-22(17-7-8-17)14-18-9-6-16(3)24-18/h4-6,9-11,17,23H,1-2,7-8,12-15H2,3H3. The van der Waals surface area contributed by atoms with Gasteiger partial charge in [-0.2, -0.15) is 0 Å². The van der Waals surface area contributed by atoms with Crippen molar-refractivity contribution in [3.05, 3.63) is 72.6 Å². The van der Waals surface area contributed by atoms with Crippen LogP contribution in [-0.2, 0) is 18.7 Å². The first-order chi connectivity index (χ1) is 12.0. The van der Waals surface area contributed by atoms with Gasteiger partial charge >= 0.3 is 0 Å². The van der Waals surface area contributed by atoms with Gasteiger partial charge in [-0.1, -0.05) is 12.2 Å². The van der Waals surface area contributed by atoms with Crippen LogP contribution in [0.3, 0.4) is 0 Å². The Kier molecular flexibility index (Phi) is 5.30. The second kappa shape index (κ2) is 7.46. The lowest BCUT2D eigenvalue weighted by atomic mass is 9.93. The molecule has 0 unspecified atom stereocenters. The predicted molar refractivity (Wildman–Crippen MR) is 97.9 cm³/mol. The summed E-state index contributed by atoms with van der Waals surface area (Å²) in [4.78, 5) is 2.38. The second-order valence-corrected chi connectivity index (χ2v) is 6.93. The quantitative estimate of drug-likeness (QED) is 0.637. The molecule has 2 heterocycles. The summed E-state index contributed by atoms with van der Waals surface area (Å²) in [6, 6.07) is 8.43. The molecule has 1 aliphatic carbocycles. The molecule has 3 rings (SSSR count). The van der Waals surface area contributed by atoms with E-state index in [0.29, 0.717) is 31.2 Å². The molecule has 2 aromatic heterocycles. The van der Waals surface area contributed by atoms with Crippen LogP contribution in [0.1, 0.15) is 48.7 Å². The molecule has 0 saturated heterocycles. The predicted octanol–water partition coefficient (Wildman–Crippen LogP) is 4.69. The second-order valence-electron chi connectivity index (χ2n) is 6.93. The highest BCUT2D eigenvalue weighted by Gasteiger charge is 2.32. The summed E-state index contributed by atoms with van der Waals surface area (Å²) in [6.45, 7) is 10.9. The third-order valence-corrected chi connectivity index (χ3v) is 4.66. The van der Waals surface area contributed by atoms with Gasteiger partial charge in [0.1, 0.15) is 28.6 Å². The maximum Gasteiger partial charge on any atom is 0.136 e. The van der Waals surface area contributed by atoms with Crippen molar-refractivity contribution in [3.63, 3.8) is 0 Å². The summed E-state index contributed by atoms with van der Waals surface area (Å²) < 4.78 is 11.7. The van der Waals surface area contributed by atoms with Gasteiger partial charge in [-0.25, -0.2) is 0 Å². The molecule has 2 aromatic rings. The van der Waals surface area contributed by atoms with E-state index in [1.54, 1.807) is 12.2 Å².